The van der Waals surface area contributed by atoms with Gasteiger partial charge in [0, 0.05) is 13.1 Å². The molecule has 0 spiro atoms. The van der Waals surface area contributed by atoms with Crippen molar-refractivity contribution in [1.29, 1.82) is 0 Å². The molecule has 0 radical (unpaired) electrons. The lowest BCUT2D eigenvalue weighted by atomic mass is 10.0. The van der Waals surface area contributed by atoms with Gasteiger partial charge in [-0.1, -0.05) is 42.5 Å². The van der Waals surface area contributed by atoms with Gasteiger partial charge in [0.1, 0.15) is 28.7 Å². The predicted octanol–water partition coefficient (Wildman–Crippen LogP) is -0.861. The maximum absolute atomic E-state index is 9.99. The maximum Gasteiger partial charge on any atom is 0.133 e. The number of aliphatic hydroxyl groups excluding tert-OH is 5. The lowest BCUT2D eigenvalue weighted by molar-refractivity contribution is -0.117. The Labute approximate surface area is 140 Å². The summed E-state index contributed by atoms with van der Waals surface area (Å²) in [4.78, 5) is 1.56. The lowest BCUT2D eigenvalue weighted by Crippen LogP contribution is -2.49. The van der Waals surface area contributed by atoms with Crippen LogP contribution in [0.3, 0.4) is 0 Å². The molecule has 124 valence electrons. The Balaban J connectivity index is 2.68. The monoisotopic (exact) mass is 347 g/mol. The Morgan fingerprint density at radius 2 is 1.59 bits per heavy atom. The van der Waals surface area contributed by atoms with E-state index in [2.05, 4.69) is 12.6 Å². The quantitative estimate of drug-likeness (QED) is 0.269. The van der Waals surface area contributed by atoms with Gasteiger partial charge in [0.05, 0.1) is 6.61 Å². The van der Waals surface area contributed by atoms with Crippen LogP contribution in [-0.4, -0.2) is 72.3 Å². The maximum atomic E-state index is 9.99. The van der Waals surface area contributed by atoms with E-state index >= 15 is 0 Å². The molecular weight excluding hydrogens is 326 g/mol. The molecule has 0 fully saturated rings. The fraction of sp³-hybridized carbons (Fsp3) is 0.500. The first-order valence-corrected chi connectivity index (χ1v) is 7.57. The molecule has 0 aromatic heterocycles. The highest BCUT2D eigenvalue weighted by molar-refractivity contribution is 8.10. The predicted molar refractivity (Wildman–Crippen MR) is 89.5 cm³/mol. The number of hydrogen-bond acceptors (Lipinski definition) is 6. The molecule has 1 aromatic rings. The van der Waals surface area contributed by atoms with Gasteiger partial charge in [-0.05, 0) is 5.56 Å². The molecule has 4 unspecified atom stereocenters. The zero-order chi connectivity index (χ0) is 16.7. The highest BCUT2D eigenvalue weighted by atomic mass is 32.1. The molecule has 0 aliphatic rings. The summed E-state index contributed by atoms with van der Waals surface area (Å²) in [6.07, 6.45) is -6.18. The molecular formula is C14H21NO5S2. The molecule has 0 aliphatic carbocycles. The van der Waals surface area contributed by atoms with E-state index < -0.39 is 31.0 Å². The number of thiol groups is 1. The lowest BCUT2D eigenvalue weighted by Gasteiger charge is -2.30. The summed E-state index contributed by atoms with van der Waals surface area (Å²) >= 11 is 9.10. The highest BCUT2D eigenvalue weighted by Crippen LogP contribution is 2.12. The standard InChI is InChI=1S/C14H21NO5S2/c16-8-11(18)13(20)12(19)10(17)7-15(14(21)22)6-9-4-2-1-3-5-9/h1-5,10-13,16-20H,6-8H2,(H,21,22). The third-order valence-electron chi connectivity index (χ3n) is 3.22. The zero-order valence-corrected chi connectivity index (χ0v) is 13.6. The number of hydrogen-bond donors (Lipinski definition) is 6. The van der Waals surface area contributed by atoms with Crippen LogP contribution in [0.25, 0.3) is 0 Å². The van der Waals surface area contributed by atoms with E-state index in [0.717, 1.165) is 5.56 Å². The number of aliphatic hydroxyl groups is 5. The molecule has 1 rings (SSSR count). The molecule has 0 aliphatic heterocycles. The van der Waals surface area contributed by atoms with Crippen LogP contribution in [0.5, 0.6) is 0 Å². The smallest absolute Gasteiger partial charge is 0.133 e. The summed E-state index contributed by atoms with van der Waals surface area (Å²) in [5.74, 6) is 0. The SMILES string of the molecule is OCC(O)C(O)C(O)C(O)CN(Cc1ccccc1)C(=S)S. The van der Waals surface area contributed by atoms with Crippen molar-refractivity contribution in [2.24, 2.45) is 0 Å². The summed E-state index contributed by atoms with van der Waals surface area (Å²) in [7, 11) is 0. The van der Waals surface area contributed by atoms with Crippen LogP contribution in [0, 0.1) is 0 Å². The average molecular weight is 347 g/mol. The largest absolute Gasteiger partial charge is 0.394 e. The molecule has 8 heteroatoms. The molecule has 0 saturated heterocycles. The van der Waals surface area contributed by atoms with Crippen molar-refractivity contribution in [2.45, 2.75) is 31.0 Å². The molecule has 0 bridgehead atoms. The second-order valence-corrected chi connectivity index (χ2v) is 6.06. The molecule has 0 heterocycles. The Hall–Kier alpha value is -0.740. The van der Waals surface area contributed by atoms with Gasteiger partial charge < -0.3 is 30.4 Å². The first kappa shape index (κ1) is 19.3. The van der Waals surface area contributed by atoms with Crippen molar-refractivity contribution in [2.75, 3.05) is 13.2 Å². The minimum absolute atomic E-state index is 0.0758. The molecule has 0 amide bonds. The van der Waals surface area contributed by atoms with E-state index in [9.17, 15) is 20.4 Å². The fourth-order valence-electron chi connectivity index (χ4n) is 1.91. The van der Waals surface area contributed by atoms with Crippen LogP contribution in [0.15, 0.2) is 30.3 Å². The first-order chi connectivity index (χ1) is 10.4. The average Bonchev–Trinajstić information content (AvgIpc) is 2.52. The third kappa shape index (κ3) is 5.81. The fourth-order valence-corrected chi connectivity index (χ4v) is 2.20. The third-order valence-corrected chi connectivity index (χ3v) is 3.76. The summed E-state index contributed by atoms with van der Waals surface area (Å²) < 4.78 is 0.229. The number of benzene rings is 1. The molecule has 0 saturated carbocycles. The normalized spacial score (nSPS) is 16.6. The number of thiocarbonyl (C=S) groups is 1. The van der Waals surface area contributed by atoms with Crippen molar-refractivity contribution >= 4 is 29.2 Å². The second-order valence-electron chi connectivity index (χ2n) is 4.95. The summed E-state index contributed by atoms with van der Waals surface area (Å²) in [5.41, 5.74) is 0.941. The van der Waals surface area contributed by atoms with Crippen LogP contribution < -0.4 is 0 Å². The van der Waals surface area contributed by atoms with E-state index in [1.807, 2.05) is 30.3 Å². The van der Waals surface area contributed by atoms with Crippen LogP contribution in [0.4, 0.5) is 0 Å². The van der Waals surface area contributed by atoms with Gasteiger partial charge in [-0.15, -0.1) is 12.6 Å². The van der Waals surface area contributed by atoms with Gasteiger partial charge >= 0.3 is 0 Å². The second kappa shape index (κ2) is 9.41. The van der Waals surface area contributed by atoms with E-state index in [-0.39, 0.29) is 10.9 Å². The summed E-state index contributed by atoms with van der Waals surface area (Å²) in [6.45, 7) is -0.414. The van der Waals surface area contributed by atoms with Crippen LogP contribution in [-0.2, 0) is 6.54 Å². The van der Waals surface area contributed by atoms with Crippen molar-refractivity contribution in [1.82, 2.24) is 4.90 Å². The molecule has 4 atom stereocenters. The van der Waals surface area contributed by atoms with E-state index in [0.29, 0.717) is 6.54 Å². The van der Waals surface area contributed by atoms with Crippen LogP contribution in [0.2, 0.25) is 0 Å². The minimum Gasteiger partial charge on any atom is -0.394 e. The number of nitrogens with zero attached hydrogens (tertiary/aromatic N) is 1. The topological polar surface area (TPSA) is 104 Å². The summed E-state index contributed by atoms with van der Waals surface area (Å²) in [5, 5.41) is 47.5. The van der Waals surface area contributed by atoms with Gasteiger partial charge in [0.2, 0.25) is 0 Å². The number of rotatable bonds is 8. The molecule has 22 heavy (non-hydrogen) atoms. The highest BCUT2D eigenvalue weighted by Gasteiger charge is 2.31. The molecule has 6 nitrogen and oxygen atoms in total. The van der Waals surface area contributed by atoms with Crippen LogP contribution in [0.1, 0.15) is 5.56 Å². The Morgan fingerprint density at radius 1 is 1.05 bits per heavy atom. The Kier molecular flexibility index (Phi) is 8.26. The summed E-state index contributed by atoms with van der Waals surface area (Å²) in [6, 6.07) is 9.36. The van der Waals surface area contributed by atoms with Gasteiger partial charge in [-0.25, -0.2) is 0 Å². The van der Waals surface area contributed by atoms with Gasteiger partial charge in [-0.3, -0.25) is 0 Å². The Morgan fingerprint density at radius 3 is 2.09 bits per heavy atom. The van der Waals surface area contributed by atoms with E-state index in [1.54, 1.807) is 4.90 Å². The zero-order valence-electron chi connectivity index (χ0n) is 11.9. The minimum atomic E-state index is -1.66. The molecule has 5 N–H and O–H groups in total. The van der Waals surface area contributed by atoms with E-state index in [4.69, 9.17) is 17.3 Å². The van der Waals surface area contributed by atoms with Crippen molar-refractivity contribution < 1.29 is 25.5 Å². The van der Waals surface area contributed by atoms with E-state index in [1.165, 1.54) is 0 Å². The van der Waals surface area contributed by atoms with Gasteiger partial charge in [-0.2, -0.15) is 0 Å². The van der Waals surface area contributed by atoms with Crippen molar-refractivity contribution in [3.63, 3.8) is 0 Å². The van der Waals surface area contributed by atoms with Gasteiger partial charge in [0.15, 0.2) is 0 Å². The van der Waals surface area contributed by atoms with Crippen molar-refractivity contribution in [3.8, 4) is 0 Å². The Bertz CT molecular complexity index is 462. The van der Waals surface area contributed by atoms with Crippen LogP contribution >= 0.6 is 24.8 Å². The van der Waals surface area contributed by atoms with Crippen molar-refractivity contribution in [3.05, 3.63) is 35.9 Å². The first-order valence-electron chi connectivity index (χ1n) is 6.71. The molecule has 1 aromatic carbocycles. The van der Waals surface area contributed by atoms with Gasteiger partial charge in [0.25, 0.3) is 0 Å².